The van der Waals surface area contributed by atoms with E-state index < -0.39 is 9.84 Å². The van der Waals surface area contributed by atoms with Gasteiger partial charge in [0.05, 0.1) is 6.61 Å². The molecule has 0 spiro atoms. The van der Waals surface area contributed by atoms with Crippen molar-refractivity contribution in [3.63, 3.8) is 0 Å². The smallest absolute Gasteiger partial charge is 0.147 e. The van der Waals surface area contributed by atoms with Crippen LogP contribution in [0.5, 0.6) is 0 Å². The van der Waals surface area contributed by atoms with Crippen LogP contribution in [0.15, 0.2) is 0 Å². The summed E-state index contributed by atoms with van der Waals surface area (Å²) in [6.07, 6.45) is 3.16. The van der Waals surface area contributed by atoms with Crippen LogP contribution in [0.4, 0.5) is 0 Å². The summed E-state index contributed by atoms with van der Waals surface area (Å²) in [5.74, 6) is 0.215. The Kier molecular flexibility index (Phi) is 4.64. The van der Waals surface area contributed by atoms with Crippen molar-refractivity contribution in [2.24, 2.45) is 0 Å². The van der Waals surface area contributed by atoms with Crippen molar-refractivity contribution in [3.8, 4) is 0 Å². The molecule has 3 nitrogen and oxygen atoms in total. The minimum Gasteiger partial charge on any atom is -0.237 e. The van der Waals surface area contributed by atoms with Crippen molar-refractivity contribution in [3.05, 3.63) is 0 Å². The highest BCUT2D eigenvalue weighted by molar-refractivity contribution is 7.90. The van der Waals surface area contributed by atoms with Gasteiger partial charge in [-0.05, 0) is 12.8 Å². The van der Waals surface area contributed by atoms with E-state index in [9.17, 15) is 13.5 Å². The van der Waals surface area contributed by atoms with E-state index in [0.717, 1.165) is 6.42 Å². The van der Waals surface area contributed by atoms with Crippen LogP contribution < -0.4 is 0 Å². The topological polar surface area (TPSA) is 54.0 Å². The standard InChI is InChI=1S/C6H13O3S/c1-10(8,9)6-4-2-3-5-7/h2-6H2,1H3. The van der Waals surface area contributed by atoms with Gasteiger partial charge in [-0.2, -0.15) is 0 Å². The minimum absolute atomic E-state index is 0.0935. The van der Waals surface area contributed by atoms with Crippen molar-refractivity contribution in [2.75, 3.05) is 18.6 Å². The zero-order valence-electron chi connectivity index (χ0n) is 6.17. The predicted octanol–water partition coefficient (Wildman–Crippen LogP) is 0.632. The quantitative estimate of drug-likeness (QED) is 0.561. The Bertz CT molecular complexity index is 160. The van der Waals surface area contributed by atoms with Crippen LogP contribution in [0.25, 0.3) is 0 Å². The first-order valence-corrected chi connectivity index (χ1v) is 5.38. The third-order valence-electron chi connectivity index (χ3n) is 1.16. The average molecular weight is 165 g/mol. The highest BCUT2D eigenvalue weighted by atomic mass is 32.2. The van der Waals surface area contributed by atoms with E-state index in [1.54, 1.807) is 0 Å². The minimum atomic E-state index is -2.81. The van der Waals surface area contributed by atoms with Gasteiger partial charge in [-0.25, -0.2) is 13.5 Å². The molecule has 0 fully saturated rings. The lowest BCUT2D eigenvalue weighted by molar-refractivity contribution is 0.186. The molecule has 0 aliphatic rings. The fourth-order valence-corrected chi connectivity index (χ4v) is 1.37. The summed E-state index contributed by atoms with van der Waals surface area (Å²) in [7, 11) is -2.81. The maximum atomic E-state index is 10.5. The van der Waals surface area contributed by atoms with Crippen LogP contribution in [0.3, 0.4) is 0 Å². The molecule has 0 aliphatic heterocycles. The first kappa shape index (κ1) is 9.91. The molecular formula is C6H13O3S. The van der Waals surface area contributed by atoms with E-state index in [-0.39, 0.29) is 12.4 Å². The van der Waals surface area contributed by atoms with E-state index in [4.69, 9.17) is 0 Å². The molecule has 0 bridgehead atoms. The maximum absolute atomic E-state index is 10.5. The highest BCUT2D eigenvalue weighted by Gasteiger charge is 1.99. The van der Waals surface area contributed by atoms with Gasteiger partial charge in [0.15, 0.2) is 0 Å². The van der Waals surface area contributed by atoms with Crippen LogP contribution in [0, 0.1) is 0 Å². The molecule has 0 aromatic carbocycles. The second kappa shape index (κ2) is 4.68. The summed E-state index contributed by atoms with van der Waals surface area (Å²) in [5, 5.41) is 9.90. The highest BCUT2D eigenvalue weighted by Crippen LogP contribution is 1.97. The lowest BCUT2D eigenvalue weighted by atomic mass is 10.3. The van der Waals surface area contributed by atoms with Crippen molar-refractivity contribution in [1.82, 2.24) is 0 Å². The second-order valence-corrected chi connectivity index (χ2v) is 4.65. The lowest BCUT2D eigenvalue weighted by Crippen LogP contribution is -2.02. The molecule has 0 amide bonds. The van der Waals surface area contributed by atoms with Gasteiger partial charge >= 0.3 is 0 Å². The van der Waals surface area contributed by atoms with Gasteiger partial charge in [-0.3, -0.25) is 0 Å². The maximum Gasteiger partial charge on any atom is 0.147 e. The van der Waals surface area contributed by atoms with Gasteiger partial charge in [-0.15, -0.1) is 0 Å². The molecule has 0 heterocycles. The molecule has 0 rings (SSSR count). The van der Waals surface area contributed by atoms with Gasteiger partial charge in [0.2, 0.25) is 0 Å². The number of unbranched alkanes of at least 4 members (excludes halogenated alkanes) is 2. The molecule has 0 aliphatic carbocycles. The largest absolute Gasteiger partial charge is 0.237 e. The first-order chi connectivity index (χ1) is 4.56. The van der Waals surface area contributed by atoms with Crippen molar-refractivity contribution in [2.45, 2.75) is 19.3 Å². The Morgan fingerprint density at radius 3 is 2.10 bits per heavy atom. The van der Waals surface area contributed by atoms with Gasteiger partial charge in [0.1, 0.15) is 9.84 Å². The second-order valence-electron chi connectivity index (χ2n) is 2.39. The van der Waals surface area contributed by atoms with Crippen LogP contribution in [-0.4, -0.2) is 27.0 Å². The van der Waals surface area contributed by atoms with E-state index in [0.29, 0.717) is 12.8 Å². The SMILES string of the molecule is CS(=O)(=O)CCCCC[O]. The lowest BCUT2D eigenvalue weighted by Gasteiger charge is -1.95. The van der Waals surface area contributed by atoms with Gasteiger partial charge in [0.25, 0.3) is 0 Å². The monoisotopic (exact) mass is 165 g/mol. The number of hydrogen-bond acceptors (Lipinski definition) is 2. The zero-order chi connectivity index (χ0) is 8.04. The fraction of sp³-hybridized carbons (Fsp3) is 1.00. The summed E-state index contributed by atoms with van der Waals surface area (Å²) in [5.41, 5.74) is 0. The molecule has 0 aromatic rings. The molecule has 0 N–H and O–H groups in total. The number of sulfone groups is 1. The summed E-state index contributed by atoms with van der Waals surface area (Å²) in [4.78, 5) is 0. The van der Waals surface area contributed by atoms with Crippen molar-refractivity contribution < 1.29 is 13.5 Å². The Hall–Kier alpha value is -0.0900. The van der Waals surface area contributed by atoms with Crippen LogP contribution in [0.1, 0.15) is 19.3 Å². The molecule has 0 saturated heterocycles. The predicted molar refractivity (Wildman–Crippen MR) is 39.1 cm³/mol. The molecule has 10 heavy (non-hydrogen) atoms. The van der Waals surface area contributed by atoms with E-state index in [1.165, 1.54) is 6.26 Å². The van der Waals surface area contributed by atoms with Gasteiger partial charge in [-0.1, -0.05) is 6.42 Å². The first-order valence-electron chi connectivity index (χ1n) is 3.32. The Morgan fingerprint density at radius 2 is 1.70 bits per heavy atom. The zero-order valence-corrected chi connectivity index (χ0v) is 6.99. The number of hydrogen-bond donors (Lipinski definition) is 0. The summed E-state index contributed by atoms with van der Waals surface area (Å²) in [6.45, 7) is -0.0935. The molecule has 61 valence electrons. The molecule has 0 saturated carbocycles. The summed E-state index contributed by atoms with van der Waals surface area (Å²) >= 11 is 0. The molecule has 0 unspecified atom stereocenters. The Balaban J connectivity index is 3.21. The van der Waals surface area contributed by atoms with Crippen molar-refractivity contribution >= 4 is 9.84 Å². The average Bonchev–Trinajstić information content (AvgIpc) is 1.78. The Labute approximate surface area is 62.0 Å². The molecular weight excluding hydrogens is 152 g/mol. The third-order valence-corrected chi connectivity index (χ3v) is 2.19. The van der Waals surface area contributed by atoms with Crippen molar-refractivity contribution in [1.29, 1.82) is 0 Å². The molecule has 4 heteroatoms. The fourth-order valence-electron chi connectivity index (χ4n) is 0.643. The third kappa shape index (κ3) is 7.91. The molecule has 1 radical (unpaired) electrons. The van der Waals surface area contributed by atoms with Crippen LogP contribution >= 0.6 is 0 Å². The van der Waals surface area contributed by atoms with E-state index in [1.807, 2.05) is 0 Å². The van der Waals surface area contributed by atoms with Gasteiger partial charge < -0.3 is 0 Å². The van der Waals surface area contributed by atoms with Crippen LogP contribution in [-0.2, 0) is 14.9 Å². The molecule has 0 aromatic heterocycles. The normalized spacial score (nSPS) is 11.8. The summed E-state index contributed by atoms with van der Waals surface area (Å²) in [6, 6.07) is 0. The van der Waals surface area contributed by atoms with E-state index >= 15 is 0 Å². The van der Waals surface area contributed by atoms with E-state index in [2.05, 4.69) is 0 Å². The Morgan fingerprint density at radius 1 is 1.10 bits per heavy atom. The van der Waals surface area contributed by atoms with Crippen LogP contribution in [0.2, 0.25) is 0 Å². The number of rotatable bonds is 5. The molecule has 0 atom stereocenters. The van der Waals surface area contributed by atoms with Gasteiger partial charge in [0, 0.05) is 12.0 Å². The summed E-state index contributed by atoms with van der Waals surface area (Å²) < 4.78 is 21.0.